The Bertz CT molecular complexity index is 914. The Morgan fingerprint density at radius 3 is 2.83 bits per heavy atom. The van der Waals surface area contributed by atoms with Gasteiger partial charge in [-0.15, -0.1) is 0 Å². The fourth-order valence-electron chi connectivity index (χ4n) is 2.05. The molecule has 0 radical (unpaired) electrons. The number of aromatic nitrogens is 1. The highest BCUT2D eigenvalue weighted by Crippen LogP contribution is 2.34. The normalized spacial score (nSPS) is 10.8. The Morgan fingerprint density at radius 1 is 1.30 bits per heavy atom. The summed E-state index contributed by atoms with van der Waals surface area (Å²) in [6, 6.07) is 7.75. The second kappa shape index (κ2) is 6.54. The minimum Gasteiger partial charge on any atom is -0.495 e. The summed E-state index contributed by atoms with van der Waals surface area (Å²) in [5.74, 6) is -0.266. The number of benzene rings is 2. The zero-order valence-corrected chi connectivity index (χ0v) is 15.7. The SMILES string of the molecule is COc1c(Br)cc(Br)cc1C(=O)Nc1nc2ccc(F)cc2s1. The molecule has 0 aliphatic carbocycles. The van der Waals surface area contributed by atoms with Crippen molar-refractivity contribution in [2.24, 2.45) is 0 Å². The van der Waals surface area contributed by atoms with E-state index in [2.05, 4.69) is 42.2 Å². The summed E-state index contributed by atoms with van der Waals surface area (Å²) >= 11 is 7.91. The second-order valence-electron chi connectivity index (χ2n) is 4.55. The van der Waals surface area contributed by atoms with Crippen LogP contribution in [0.4, 0.5) is 9.52 Å². The molecule has 8 heteroatoms. The van der Waals surface area contributed by atoms with Crippen LogP contribution in [0.25, 0.3) is 10.2 Å². The monoisotopic (exact) mass is 458 g/mol. The average Bonchev–Trinajstić information content (AvgIpc) is 2.87. The molecule has 0 fully saturated rings. The van der Waals surface area contributed by atoms with E-state index in [9.17, 15) is 9.18 Å². The van der Waals surface area contributed by atoms with Crippen molar-refractivity contribution in [2.75, 3.05) is 12.4 Å². The van der Waals surface area contributed by atoms with Gasteiger partial charge in [0.1, 0.15) is 11.6 Å². The summed E-state index contributed by atoms with van der Waals surface area (Å²) in [7, 11) is 1.49. The van der Waals surface area contributed by atoms with E-state index in [4.69, 9.17) is 4.74 Å². The number of carbonyl (C=O) groups excluding carboxylic acids is 1. The first-order chi connectivity index (χ1) is 11.0. The number of ether oxygens (including phenoxy) is 1. The van der Waals surface area contributed by atoms with Crippen LogP contribution in [0.3, 0.4) is 0 Å². The Hall–Kier alpha value is -1.51. The van der Waals surface area contributed by atoms with Crippen molar-refractivity contribution in [2.45, 2.75) is 0 Å². The minimum absolute atomic E-state index is 0.336. The van der Waals surface area contributed by atoms with Crippen LogP contribution in [0.15, 0.2) is 39.3 Å². The number of thiazole rings is 1. The Labute approximate surface area is 151 Å². The van der Waals surface area contributed by atoms with Crippen molar-refractivity contribution < 1.29 is 13.9 Å². The van der Waals surface area contributed by atoms with E-state index in [0.29, 0.717) is 31.1 Å². The van der Waals surface area contributed by atoms with Gasteiger partial charge in [-0.25, -0.2) is 9.37 Å². The first-order valence-electron chi connectivity index (χ1n) is 6.38. The lowest BCUT2D eigenvalue weighted by Gasteiger charge is -2.10. The molecule has 23 heavy (non-hydrogen) atoms. The topological polar surface area (TPSA) is 51.2 Å². The quantitative estimate of drug-likeness (QED) is 0.584. The zero-order valence-electron chi connectivity index (χ0n) is 11.7. The highest BCUT2D eigenvalue weighted by atomic mass is 79.9. The molecule has 4 nitrogen and oxygen atoms in total. The van der Waals surface area contributed by atoms with Gasteiger partial charge in [0.05, 0.1) is 27.4 Å². The molecule has 3 rings (SSSR count). The van der Waals surface area contributed by atoms with Crippen LogP contribution in [0.2, 0.25) is 0 Å². The summed E-state index contributed by atoms with van der Waals surface area (Å²) in [5, 5.41) is 3.12. The predicted octanol–water partition coefficient (Wildman–Crippen LogP) is 5.22. The fraction of sp³-hybridized carbons (Fsp3) is 0.0667. The lowest BCUT2D eigenvalue weighted by molar-refractivity contribution is 0.102. The van der Waals surface area contributed by atoms with Crippen LogP contribution >= 0.6 is 43.2 Å². The van der Waals surface area contributed by atoms with Gasteiger partial charge in [0.15, 0.2) is 5.13 Å². The van der Waals surface area contributed by atoms with Gasteiger partial charge in [-0.2, -0.15) is 0 Å². The third kappa shape index (κ3) is 3.39. The van der Waals surface area contributed by atoms with Crippen LogP contribution in [0.5, 0.6) is 5.75 Å². The third-order valence-electron chi connectivity index (χ3n) is 3.03. The van der Waals surface area contributed by atoms with Gasteiger partial charge in [-0.1, -0.05) is 27.3 Å². The van der Waals surface area contributed by atoms with E-state index in [1.807, 2.05) is 0 Å². The summed E-state index contributed by atoms with van der Waals surface area (Å²) in [6.45, 7) is 0. The lowest BCUT2D eigenvalue weighted by Crippen LogP contribution is -2.13. The number of nitrogens with one attached hydrogen (secondary N) is 1. The number of anilines is 1. The molecule has 0 atom stereocenters. The molecular formula is C15H9Br2FN2O2S. The molecule has 0 bridgehead atoms. The van der Waals surface area contributed by atoms with Gasteiger partial charge < -0.3 is 4.74 Å². The maximum absolute atomic E-state index is 13.2. The van der Waals surface area contributed by atoms with Crippen molar-refractivity contribution in [1.29, 1.82) is 0 Å². The Morgan fingerprint density at radius 2 is 2.09 bits per heavy atom. The molecule has 0 saturated heterocycles. The molecule has 0 saturated carbocycles. The predicted molar refractivity (Wildman–Crippen MR) is 95.9 cm³/mol. The molecule has 1 heterocycles. The summed E-state index contributed by atoms with van der Waals surface area (Å²) in [4.78, 5) is 16.8. The van der Waals surface area contributed by atoms with E-state index in [0.717, 1.165) is 4.47 Å². The highest BCUT2D eigenvalue weighted by molar-refractivity contribution is 9.11. The number of nitrogens with zero attached hydrogens (tertiary/aromatic N) is 1. The molecule has 0 spiro atoms. The van der Waals surface area contributed by atoms with E-state index >= 15 is 0 Å². The maximum atomic E-state index is 13.2. The van der Waals surface area contributed by atoms with Gasteiger partial charge in [0.2, 0.25) is 0 Å². The van der Waals surface area contributed by atoms with E-state index in [1.165, 1.54) is 30.6 Å². The molecule has 0 unspecified atom stereocenters. The maximum Gasteiger partial charge on any atom is 0.261 e. The largest absolute Gasteiger partial charge is 0.495 e. The average molecular weight is 460 g/mol. The van der Waals surface area contributed by atoms with Crippen LogP contribution in [-0.4, -0.2) is 18.0 Å². The third-order valence-corrected chi connectivity index (χ3v) is 5.01. The molecule has 0 aliphatic heterocycles. The van der Waals surface area contributed by atoms with Crippen molar-refractivity contribution >= 4 is 64.5 Å². The van der Waals surface area contributed by atoms with Crippen LogP contribution in [0, 0.1) is 5.82 Å². The first-order valence-corrected chi connectivity index (χ1v) is 8.78. The summed E-state index contributed by atoms with van der Waals surface area (Å²) < 4.78 is 20.6. The number of hydrogen-bond acceptors (Lipinski definition) is 4. The Balaban J connectivity index is 1.94. The van der Waals surface area contributed by atoms with Crippen LogP contribution in [0.1, 0.15) is 10.4 Å². The standard InChI is InChI=1S/C15H9Br2FN2O2S/c1-22-13-9(4-7(16)5-10(13)17)14(21)20-15-19-11-3-2-8(18)6-12(11)23-15/h2-6H,1H3,(H,19,20,21). The van der Waals surface area contributed by atoms with E-state index in [-0.39, 0.29) is 11.7 Å². The van der Waals surface area contributed by atoms with Gasteiger partial charge in [0, 0.05) is 4.47 Å². The van der Waals surface area contributed by atoms with Crippen molar-refractivity contribution in [1.82, 2.24) is 4.98 Å². The number of amides is 1. The zero-order chi connectivity index (χ0) is 16.6. The van der Waals surface area contributed by atoms with Crippen LogP contribution in [-0.2, 0) is 0 Å². The van der Waals surface area contributed by atoms with Gasteiger partial charge in [-0.05, 0) is 46.3 Å². The van der Waals surface area contributed by atoms with Gasteiger partial charge >= 0.3 is 0 Å². The molecular weight excluding hydrogens is 451 g/mol. The first kappa shape index (κ1) is 16.4. The minimum atomic E-state index is -0.358. The number of carbonyl (C=O) groups is 1. The fourth-order valence-corrected chi connectivity index (χ4v) is 4.33. The van der Waals surface area contributed by atoms with E-state index < -0.39 is 0 Å². The van der Waals surface area contributed by atoms with Gasteiger partial charge in [-0.3, -0.25) is 10.1 Å². The molecule has 3 aromatic rings. The van der Waals surface area contributed by atoms with E-state index in [1.54, 1.807) is 18.2 Å². The van der Waals surface area contributed by atoms with Gasteiger partial charge in [0.25, 0.3) is 5.91 Å². The molecule has 2 aromatic carbocycles. The number of fused-ring (bicyclic) bond motifs is 1. The molecule has 0 aliphatic rings. The number of methoxy groups -OCH3 is 1. The highest BCUT2D eigenvalue weighted by Gasteiger charge is 2.18. The molecule has 1 amide bonds. The van der Waals surface area contributed by atoms with Crippen molar-refractivity contribution in [3.8, 4) is 5.75 Å². The second-order valence-corrected chi connectivity index (χ2v) is 7.35. The molecule has 1 aromatic heterocycles. The lowest BCUT2D eigenvalue weighted by atomic mass is 10.2. The van der Waals surface area contributed by atoms with Crippen molar-refractivity contribution in [3.05, 3.63) is 50.7 Å². The Kier molecular flexibility index (Phi) is 4.65. The smallest absolute Gasteiger partial charge is 0.261 e. The van der Waals surface area contributed by atoms with Crippen molar-refractivity contribution in [3.63, 3.8) is 0 Å². The number of rotatable bonds is 3. The number of halogens is 3. The summed E-state index contributed by atoms with van der Waals surface area (Å²) in [6.07, 6.45) is 0. The molecule has 1 N–H and O–H groups in total. The molecule has 118 valence electrons. The van der Waals surface area contributed by atoms with Crippen LogP contribution < -0.4 is 10.1 Å². The number of hydrogen-bond donors (Lipinski definition) is 1. The summed E-state index contributed by atoms with van der Waals surface area (Å²) in [5.41, 5.74) is 0.994.